The van der Waals surface area contributed by atoms with Gasteiger partial charge in [-0.3, -0.25) is 32.2 Å². The van der Waals surface area contributed by atoms with E-state index in [0.29, 0.717) is 12.8 Å². The molecule has 8 atom stereocenters. The number of rotatable bonds is 42. The van der Waals surface area contributed by atoms with E-state index in [1.807, 2.05) is 0 Å². The van der Waals surface area contributed by atoms with E-state index in [-0.39, 0.29) is 12.8 Å². The highest BCUT2D eigenvalue weighted by atomic mass is 32.5. The van der Waals surface area contributed by atoms with E-state index in [4.69, 9.17) is 32.1 Å². The van der Waals surface area contributed by atoms with Crippen LogP contribution in [-0.4, -0.2) is 112 Å². The van der Waals surface area contributed by atoms with Gasteiger partial charge in [-0.05, 0) is 48.3 Å². The van der Waals surface area contributed by atoms with Crippen LogP contribution in [0.1, 0.15) is 194 Å². The normalized spacial score (nSPS) is 21.8. The smallest absolute Gasteiger partial charge is 0.462 e. The third kappa shape index (κ3) is 34.6. The van der Waals surface area contributed by atoms with Gasteiger partial charge in [0.15, 0.2) is 6.10 Å². The summed E-state index contributed by atoms with van der Waals surface area (Å²) < 4.78 is 49.0. The van der Waals surface area contributed by atoms with Gasteiger partial charge in [0.1, 0.15) is 43.2 Å². The summed E-state index contributed by atoms with van der Waals surface area (Å²) in [5.74, 6) is -1.28. The van der Waals surface area contributed by atoms with Gasteiger partial charge in [-0.15, -0.1) is 0 Å². The first kappa shape index (κ1) is 65.6. The minimum Gasteiger partial charge on any atom is -0.462 e. The summed E-state index contributed by atoms with van der Waals surface area (Å²) >= 11 is 13.4. The van der Waals surface area contributed by atoms with E-state index in [1.165, 1.54) is 96.3 Å². The van der Waals surface area contributed by atoms with Crippen LogP contribution in [0.25, 0.3) is 0 Å². The molecule has 1 rings (SSSR count). The van der Waals surface area contributed by atoms with Crippen molar-refractivity contribution in [1.29, 1.82) is 0 Å². The van der Waals surface area contributed by atoms with E-state index < -0.39 is 95.9 Å². The maximum Gasteiger partial charge on any atom is 0.472 e. The predicted octanol–water partition coefficient (Wildman–Crippen LogP) is 8.42. The SMILES string of the molecule is CCCCCCCCCCCCCCCC(=O)OC[C@H](COP(=O)(O)OC1[C@H](O)[C@H](OP(O)(O)=S)C(OP(O)(O)=S)[C@H](OP(O)(O)=S)[C@H]1O)OC(=O)CCCCCCCCCCCCCCC. The van der Waals surface area contributed by atoms with Crippen LogP contribution >= 0.6 is 28.0 Å². The van der Waals surface area contributed by atoms with Crippen LogP contribution in [0.5, 0.6) is 0 Å². The van der Waals surface area contributed by atoms with Gasteiger partial charge in [-0.25, -0.2) is 4.57 Å². The van der Waals surface area contributed by atoms with Crippen LogP contribution in [0.4, 0.5) is 0 Å². The molecule has 3 unspecified atom stereocenters. The Morgan fingerprint density at radius 3 is 1.10 bits per heavy atom. The molecule has 9 N–H and O–H groups in total. The molecular weight excluding hydrogens is 1020 g/mol. The van der Waals surface area contributed by atoms with E-state index in [2.05, 4.69) is 49.3 Å². The van der Waals surface area contributed by atoms with Crippen molar-refractivity contribution in [3.63, 3.8) is 0 Å². The Morgan fingerprint density at radius 2 is 0.761 bits per heavy atom. The van der Waals surface area contributed by atoms with Gasteiger partial charge in [-0.2, -0.15) is 0 Å². The Morgan fingerprint density at radius 1 is 0.448 bits per heavy atom. The number of ether oxygens (including phenoxy) is 2. The van der Waals surface area contributed by atoms with E-state index >= 15 is 0 Å². The number of phosphoric acid groups is 1. The Kier molecular flexibility index (Phi) is 35.7. The summed E-state index contributed by atoms with van der Waals surface area (Å²) in [5, 5.41) is 22.2. The second-order valence-corrected chi connectivity index (χ2v) is 26.5. The Hall–Kier alpha value is 0.560. The number of unbranched alkanes of at least 4 members (excludes halogenated alkanes) is 24. The van der Waals surface area contributed by atoms with Crippen molar-refractivity contribution in [2.24, 2.45) is 0 Å². The zero-order valence-electron chi connectivity index (χ0n) is 39.4. The van der Waals surface area contributed by atoms with Crippen molar-refractivity contribution in [3.05, 3.63) is 0 Å². The van der Waals surface area contributed by atoms with Crippen molar-refractivity contribution in [1.82, 2.24) is 0 Å². The largest absolute Gasteiger partial charge is 0.472 e. The molecular formula is C41H82O19P4S3. The Labute approximate surface area is 413 Å². The maximum atomic E-state index is 13.4. The van der Waals surface area contributed by atoms with Gasteiger partial charge in [0.25, 0.3) is 0 Å². The van der Waals surface area contributed by atoms with Crippen molar-refractivity contribution >= 4 is 75.3 Å². The minimum absolute atomic E-state index is 0.00188. The summed E-state index contributed by atoms with van der Waals surface area (Å²) in [6.07, 6.45) is 13.3. The first-order chi connectivity index (χ1) is 31.5. The lowest BCUT2D eigenvalue weighted by molar-refractivity contribution is -0.205. The fraction of sp³-hybridized carbons (Fsp3) is 0.951. The molecule has 398 valence electrons. The molecule has 19 nitrogen and oxygen atoms in total. The van der Waals surface area contributed by atoms with Gasteiger partial charge < -0.3 is 53.9 Å². The molecule has 1 aliphatic rings. The van der Waals surface area contributed by atoms with Crippen LogP contribution in [0.3, 0.4) is 0 Å². The molecule has 26 heteroatoms. The number of carbonyl (C=O) groups is 2. The molecule has 0 aromatic rings. The summed E-state index contributed by atoms with van der Waals surface area (Å²) in [7, 11) is -5.49. The van der Waals surface area contributed by atoms with Crippen molar-refractivity contribution < 1.29 is 90.7 Å². The molecule has 0 bridgehead atoms. The van der Waals surface area contributed by atoms with Crippen molar-refractivity contribution in [2.45, 2.75) is 236 Å². The highest BCUT2D eigenvalue weighted by Crippen LogP contribution is 2.53. The predicted molar refractivity (Wildman–Crippen MR) is 265 cm³/mol. The highest BCUT2D eigenvalue weighted by molar-refractivity contribution is 8.07. The number of esters is 2. The average molecular weight is 1100 g/mol. The van der Waals surface area contributed by atoms with Gasteiger partial charge in [0.2, 0.25) is 0 Å². The van der Waals surface area contributed by atoms with Crippen LogP contribution in [0.15, 0.2) is 0 Å². The van der Waals surface area contributed by atoms with Gasteiger partial charge in [0, 0.05) is 12.8 Å². The Bertz CT molecular complexity index is 1500. The average Bonchev–Trinajstić information content (AvgIpc) is 3.22. The maximum absolute atomic E-state index is 13.4. The second-order valence-electron chi connectivity index (χ2n) is 17.3. The molecule has 1 aliphatic carbocycles. The third-order valence-corrected chi connectivity index (χ3v) is 14.5. The van der Waals surface area contributed by atoms with Gasteiger partial charge >= 0.3 is 39.9 Å². The quantitative estimate of drug-likeness (QED) is 0.0157. The first-order valence-corrected chi connectivity index (χ1v) is 33.4. The van der Waals surface area contributed by atoms with E-state index in [9.17, 15) is 58.6 Å². The summed E-state index contributed by atoms with van der Waals surface area (Å²) in [4.78, 5) is 95.7. The fourth-order valence-corrected chi connectivity index (χ4v) is 11.2. The summed E-state index contributed by atoms with van der Waals surface area (Å²) in [6, 6.07) is 0. The molecule has 0 spiro atoms. The molecule has 0 aromatic heterocycles. The molecule has 0 heterocycles. The van der Waals surface area contributed by atoms with Crippen LogP contribution in [-0.2, 0) is 81.7 Å². The zero-order chi connectivity index (χ0) is 50.4. The van der Waals surface area contributed by atoms with Gasteiger partial charge in [0.05, 0.1) is 6.61 Å². The third-order valence-electron chi connectivity index (χ3n) is 11.1. The number of aliphatic hydroxyl groups is 2. The van der Waals surface area contributed by atoms with E-state index in [0.717, 1.165) is 57.8 Å². The van der Waals surface area contributed by atoms with Crippen LogP contribution in [0, 0.1) is 0 Å². The molecule has 0 aromatic carbocycles. The molecule has 1 fully saturated rings. The lowest BCUT2D eigenvalue weighted by atomic mass is 9.85. The topological polar surface area (TPSA) is 298 Å². The number of aliphatic hydroxyl groups excluding tert-OH is 2. The first-order valence-electron chi connectivity index (χ1n) is 24.1. The lowest BCUT2D eigenvalue weighted by Gasteiger charge is -2.47. The fourth-order valence-electron chi connectivity index (χ4n) is 7.67. The van der Waals surface area contributed by atoms with Crippen molar-refractivity contribution in [3.8, 4) is 0 Å². The summed E-state index contributed by atoms with van der Waals surface area (Å²) in [5.41, 5.74) is 0. The highest BCUT2D eigenvalue weighted by Gasteiger charge is 2.57. The number of hydrogen-bond acceptors (Lipinski definition) is 15. The molecule has 0 radical (unpaired) electrons. The Balaban J connectivity index is 2.91. The lowest BCUT2D eigenvalue weighted by Crippen LogP contribution is -2.65. The monoisotopic (exact) mass is 1100 g/mol. The van der Waals surface area contributed by atoms with Gasteiger partial charge in [-0.1, -0.05) is 168 Å². The summed E-state index contributed by atoms with van der Waals surface area (Å²) in [6.45, 7) is -11.5. The van der Waals surface area contributed by atoms with E-state index in [1.54, 1.807) is 0 Å². The van der Waals surface area contributed by atoms with Crippen LogP contribution < -0.4 is 0 Å². The molecule has 0 saturated heterocycles. The number of carbonyl (C=O) groups excluding carboxylic acids is 2. The second kappa shape index (κ2) is 36.5. The molecule has 0 amide bonds. The minimum atomic E-state index is -5.49. The molecule has 1 saturated carbocycles. The van der Waals surface area contributed by atoms with Crippen LogP contribution in [0.2, 0.25) is 0 Å². The van der Waals surface area contributed by atoms with Crippen molar-refractivity contribution in [2.75, 3.05) is 13.2 Å². The standard InChI is InChI=1S/C41H82O19P4S3/c1-3-5-7-9-11-13-15-17-19-21-23-25-27-29-34(42)54-31-33(56-35(43)30-28-26-24-22-20-18-16-14-12-10-8-6-4-2)32-55-61(46,47)57-38-36(44)39(58-62(48,49)65)41(60-64(52,53)67)40(37(38)45)59-63(50,51)66/h33,36-41,44-45H,3-32H2,1-2H3,(H,46,47)(H2,48,49,65)(H2,50,51,66)(H2,52,53,67)/t33-,36+,37+,38?,39-,40+,41?/m1/s1. The molecule has 67 heavy (non-hydrogen) atoms. The number of hydrogen-bond donors (Lipinski definition) is 9. The zero-order valence-corrected chi connectivity index (χ0v) is 45.4. The molecule has 0 aliphatic heterocycles. The number of phosphoric ester groups is 1.